The van der Waals surface area contributed by atoms with Crippen molar-refractivity contribution in [2.45, 2.75) is 30.6 Å². The van der Waals surface area contributed by atoms with Gasteiger partial charge in [0.1, 0.15) is 0 Å². The standard InChI is InChI=1S/C7H15IO/c1-3-7(8)5-6-9-4-2/h7H,3-6H2,1-2H3. The zero-order valence-electron chi connectivity index (χ0n) is 6.19. The molecule has 0 aromatic rings. The van der Waals surface area contributed by atoms with Crippen molar-refractivity contribution in [2.24, 2.45) is 0 Å². The molecule has 0 rings (SSSR count). The molecular weight excluding hydrogens is 227 g/mol. The summed E-state index contributed by atoms with van der Waals surface area (Å²) in [5.74, 6) is 0. The molecule has 1 unspecified atom stereocenters. The minimum atomic E-state index is 0.800. The van der Waals surface area contributed by atoms with E-state index in [1.54, 1.807) is 0 Å². The van der Waals surface area contributed by atoms with Crippen LogP contribution in [0.3, 0.4) is 0 Å². The van der Waals surface area contributed by atoms with E-state index < -0.39 is 0 Å². The Morgan fingerprint density at radius 3 is 2.56 bits per heavy atom. The summed E-state index contributed by atoms with van der Waals surface area (Å²) >= 11 is 2.47. The molecule has 0 bridgehead atoms. The van der Waals surface area contributed by atoms with Gasteiger partial charge in [0.15, 0.2) is 0 Å². The van der Waals surface area contributed by atoms with Crippen LogP contribution in [-0.4, -0.2) is 17.1 Å². The van der Waals surface area contributed by atoms with E-state index in [4.69, 9.17) is 4.74 Å². The van der Waals surface area contributed by atoms with Crippen molar-refractivity contribution in [1.29, 1.82) is 0 Å². The Morgan fingerprint density at radius 2 is 2.11 bits per heavy atom. The lowest BCUT2D eigenvalue weighted by Crippen LogP contribution is -2.01. The molecule has 9 heavy (non-hydrogen) atoms. The quantitative estimate of drug-likeness (QED) is 0.409. The van der Waals surface area contributed by atoms with Gasteiger partial charge in [-0.2, -0.15) is 0 Å². The Kier molecular flexibility index (Phi) is 7.33. The molecular formula is C7H15IO. The molecule has 0 heterocycles. The summed E-state index contributed by atoms with van der Waals surface area (Å²) in [7, 11) is 0. The van der Waals surface area contributed by atoms with Gasteiger partial charge in [-0.25, -0.2) is 0 Å². The van der Waals surface area contributed by atoms with Crippen molar-refractivity contribution in [2.75, 3.05) is 13.2 Å². The first-order valence-corrected chi connectivity index (χ1v) is 4.77. The van der Waals surface area contributed by atoms with Crippen LogP contribution in [0.1, 0.15) is 26.7 Å². The second kappa shape index (κ2) is 6.81. The van der Waals surface area contributed by atoms with Gasteiger partial charge in [-0.3, -0.25) is 0 Å². The lowest BCUT2D eigenvalue weighted by atomic mass is 10.3. The lowest BCUT2D eigenvalue weighted by Gasteiger charge is -2.04. The number of hydrogen-bond donors (Lipinski definition) is 0. The molecule has 0 radical (unpaired) electrons. The number of rotatable bonds is 5. The van der Waals surface area contributed by atoms with Crippen LogP contribution < -0.4 is 0 Å². The molecule has 0 fully saturated rings. The molecule has 2 heteroatoms. The third kappa shape index (κ3) is 6.58. The topological polar surface area (TPSA) is 9.23 Å². The van der Waals surface area contributed by atoms with E-state index >= 15 is 0 Å². The molecule has 0 saturated heterocycles. The summed E-state index contributed by atoms with van der Waals surface area (Å²) in [6.07, 6.45) is 2.46. The highest BCUT2D eigenvalue weighted by Crippen LogP contribution is 2.09. The van der Waals surface area contributed by atoms with Crippen LogP contribution in [0.15, 0.2) is 0 Å². The first kappa shape index (κ1) is 9.69. The van der Waals surface area contributed by atoms with Crippen LogP contribution in [0, 0.1) is 0 Å². The van der Waals surface area contributed by atoms with Gasteiger partial charge in [-0.05, 0) is 19.8 Å². The summed E-state index contributed by atoms with van der Waals surface area (Å²) in [5, 5.41) is 0. The fourth-order valence-corrected chi connectivity index (χ4v) is 0.814. The molecule has 0 aliphatic carbocycles. The van der Waals surface area contributed by atoms with Crippen molar-refractivity contribution in [3.63, 3.8) is 0 Å². The summed E-state index contributed by atoms with van der Waals surface area (Å²) in [6.45, 7) is 6.03. The summed E-state index contributed by atoms with van der Waals surface area (Å²) in [5.41, 5.74) is 0. The average Bonchev–Trinajstić information content (AvgIpc) is 1.89. The molecule has 0 saturated carbocycles. The maximum atomic E-state index is 5.20. The van der Waals surface area contributed by atoms with Gasteiger partial charge in [0.2, 0.25) is 0 Å². The number of halogens is 1. The van der Waals surface area contributed by atoms with Crippen LogP contribution >= 0.6 is 22.6 Å². The van der Waals surface area contributed by atoms with Crippen LogP contribution in [0.4, 0.5) is 0 Å². The molecule has 1 atom stereocenters. The Balaban J connectivity index is 2.88. The highest BCUT2D eigenvalue weighted by molar-refractivity contribution is 14.1. The van der Waals surface area contributed by atoms with Crippen LogP contribution in [0.25, 0.3) is 0 Å². The van der Waals surface area contributed by atoms with Gasteiger partial charge in [0.25, 0.3) is 0 Å². The molecule has 0 amide bonds. The molecule has 56 valence electrons. The van der Waals surface area contributed by atoms with Gasteiger partial charge in [-0.1, -0.05) is 29.5 Å². The lowest BCUT2D eigenvalue weighted by molar-refractivity contribution is 0.145. The van der Waals surface area contributed by atoms with E-state index in [-0.39, 0.29) is 0 Å². The van der Waals surface area contributed by atoms with Gasteiger partial charge in [0, 0.05) is 17.1 Å². The van der Waals surface area contributed by atoms with Crippen LogP contribution in [0.5, 0.6) is 0 Å². The fraction of sp³-hybridized carbons (Fsp3) is 1.00. The second-order valence-electron chi connectivity index (χ2n) is 1.99. The minimum absolute atomic E-state index is 0.800. The smallest absolute Gasteiger partial charge is 0.0475 e. The molecule has 1 nitrogen and oxygen atoms in total. The van der Waals surface area contributed by atoms with E-state index in [0.29, 0.717) is 0 Å². The highest BCUT2D eigenvalue weighted by Gasteiger charge is 1.97. The van der Waals surface area contributed by atoms with Gasteiger partial charge >= 0.3 is 0 Å². The van der Waals surface area contributed by atoms with Gasteiger partial charge in [-0.15, -0.1) is 0 Å². The summed E-state index contributed by atoms with van der Waals surface area (Å²) in [6, 6.07) is 0. The molecule has 0 aliphatic rings. The maximum Gasteiger partial charge on any atom is 0.0475 e. The molecule has 0 aromatic heterocycles. The fourth-order valence-electron chi connectivity index (χ4n) is 0.560. The largest absolute Gasteiger partial charge is 0.382 e. The van der Waals surface area contributed by atoms with Gasteiger partial charge in [0.05, 0.1) is 0 Å². The Bertz CT molecular complexity index is 56.9. The predicted molar refractivity (Wildman–Crippen MR) is 49.2 cm³/mol. The Labute approximate surface area is 71.3 Å². The van der Waals surface area contributed by atoms with Crippen molar-refractivity contribution in [1.82, 2.24) is 0 Å². The zero-order valence-corrected chi connectivity index (χ0v) is 8.35. The second-order valence-corrected chi connectivity index (χ2v) is 3.75. The van der Waals surface area contributed by atoms with E-state index in [0.717, 1.165) is 17.1 Å². The van der Waals surface area contributed by atoms with Crippen LogP contribution in [-0.2, 0) is 4.74 Å². The predicted octanol–water partition coefficient (Wildman–Crippen LogP) is 2.63. The Morgan fingerprint density at radius 1 is 1.44 bits per heavy atom. The SMILES string of the molecule is CCOCCC(I)CC. The van der Waals surface area contributed by atoms with E-state index in [2.05, 4.69) is 29.5 Å². The van der Waals surface area contributed by atoms with Crippen molar-refractivity contribution in [3.8, 4) is 0 Å². The van der Waals surface area contributed by atoms with E-state index in [1.165, 1.54) is 12.8 Å². The van der Waals surface area contributed by atoms with Crippen molar-refractivity contribution in [3.05, 3.63) is 0 Å². The van der Waals surface area contributed by atoms with Gasteiger partial charge < -0.3 is 4.74 Å². The van der Waals surface area contributed by atoms with Crippen LogP contribution in [0.2, 0.25) is 0 Å². The third-order valence-electron chi connectivity index (χ3n) is 1.22. The minimum Gasteiger partial charge on any atom is -0.382 e. The third-order valence-corrected chi connectivity index (χ3v) is 2.73. The van der Waals surface area contributed by atoms with E-state index in [9.17, 15) is 0 Å². The molecule has 0 N–H and O–H groups in total. The highest BCUT2D eigenvalue weighted by atomic mass is 127. The first-order valence-electron chi connectivity index (χ1n) is 3.53. The number of alkyl halides is 1. The monoisotopic (exact) mass is 242 g/mol. The average molecular weight is 242 g/mol. The van der Waals surface area contributed by atoms with E-state index in [1.807, 2.05) is 6.92 Å². The summed E-state index contributed by atoms with van der Waals surface area (Å²) in [4.78, 5) is 0. The normalized spacial score (nSPS) is 13.7. The molecule has 0 spiro atoms. The maximum absolute atomic E-state index is 5.20. The molecule has 0 aromatic carbocycles. The number of hydrogen-bond acceptors (Lipinski definition) is 1. The Hall–Kier alpha value is 0.690. The summed E-state index contributed by atoms with van der Waals surface area (Å²) < 4.78 is 6.00. The van der Waals surface area contributed by atoms with Crippen molar-refractivity contribution < 1.29 is 4.74 Å². The zero-order chi connectivity index (χ0) is 7.11. The van der Waals surface area contributed by atoms with Crippen molar-refractivity contribution >= 4 is 22.6 Å². The molecule has 0 aliphatic heterocycles. The number of ether oxygens (including phenoxy) is 1. The first-order chi connectivity index (χ1) is 4.31.